The third kappa shape index (κ3) is 4.01. The lowest BCUT2D eigenvalue weighted by Gasteiger charge is -2.50. The summed E-state index contributed by atoms with van der Waals surface area (Å²) in [5.74, 6) is -0.0125. The summed E-state index contributed by atoms with van der Waals surface area (Å²) in [6.07, 6.45) is 4.12. The fraction of sp³-hybridized carbons (Fsp3) is 0.500. The zero-order valence-corrected chi connectivity index (χ0v) is 22.2. The van der Waals surface area contributed by atoms with Gasteiger partial charge in [0.05, 0.1) is 11.6 Å². The third-order valence-electron chi connectivity index (χ3n) is 8.82. The van der Waals surface area contributed by atoms with Crippen LogP contribution in [-0.2, 0) is 20.8 Å². The highest BCUT2D eigenvalue weighted by Gasteiger charge is 2.64. The molecule has 2 fully saturated rings. The van der Waals surface area contributed by atoms with Crippen LogP contribution in [0.25, 0.3) is 5.76 Å². The number of carbonyl (C=O) groups is 3. The van der Waals surface area contributed by atoms with E-state index in [1.54, 1.807) is 20.2 Å². The number of aliphatic hydroxyl groups is 4. The van der Waals surface area contributed by atoms with Crippen molar-refractivity contribution in [3.8, 4) is 17.6 Å². The van der Waals surface area contributed by atoms with Gasteiger partial charge in [-0.05, 0) is 83.2 Å². The first kappa shape index (κ1) is 27.1. The maximum Gasteiger partial charge on any atom is 0.202 e. The molecule has 0 radical (unpaired) electrons. The molecular weight excluding hydrogens is 502 g/mol. The summed E-state index contributed by atoms with van der Waals surface area (Å²) in [6.45, 7) is 1.08. The standard InChI is InChI=1S/C30H33NO8/c1-15(32)21-26(35)24(31(2)3)19-14-17-13-18-16(9-12-29(38)10-5-4-6-11-29)7-8-20(33)23(18)25(34)22(17)28(37)30(19,39)27(21)36/h7-8,17,19,24,33-34,36,38-39H,4-6,10-11,13-14H2,1-3H3/t17-,19-,24-,30+/m0/s1. The van der Waals surface area contributed by atoms with E-state index >= 15 is 0 Å². The molecule has 9 nitrogen and oxygen atoms in total. The highest BCUT2D eigenvalue weighted by molar-refractivity contribution is 6.25. The fourth-order valence-electron chi connectivity index (χ4n) is 6.91. The Hall–Kier alpha value is -3.45. The van der Waals surface area contributed by atoms with Gasteiger partial charge < -0.3 is 25.5 Å². The summed E-state index contributed by atoms with van der Waals surface area (Å²) in [5.41, 5.74) is -3.52. The van der Waals surface area contributed by atoms with Crippen molar-refractivity contribution in [3.63, 3.8) is 0 Å². The number of phenolic OH excluding ortho intramolecular Hbond substituents is 1. The molecular formula is C30H33NO8. The number of aromatic hydroxyl groups is 1. The van der Waals surface area contributed by atoms with E-state index in [4.69, 9.17) is 0 Å². The predicted octanol–water partition coefficient (Wildman–Crippen LogP) is 2.11. The molecule has 5 N–H and O–H groups in total. The van der Waals surface area contributed by atoms with Crippen LogP contribution in [0.5, 0.6) is 5.75 Å². The molecule has 4 atom stereocenters. The maximum atomic E-state index is 13.9. The van der Waals surface area contributed by atoms with E-state index in [0.29, 0.717) is 24.0 Å². The number of nitrogens with zero attached hydrogens (tertiary/aromatic N) is 1. The summed E-state index contributed by atoms with van der Waals surface area (Å²) >= 11 is 0. The number of hydrogen-bond acceptors (Lipinski definition) is 9. The highest BCUT2D eigenvalue weighted by atomic mass is 16.3. The van der Waals surface area contributed by atoms with Crippen molar-refractivity contribution in [2.24, 2.45) is 11.8 Å². The Morgan fingerprint density at radius 2 is 1.72 bits per heavy atom. The van der Waals surface area contributed by atoms with Gasteiger partial charge in [0.25, 0.3) is 0 Å². The van der Waals surface area contributed by atoms with Crippen LogP contribution in [0.4, 0.5) is 0 Å². The highest BCUT2D eigenvalue weighted by Crippen LogP contribution is 2.53. The number of Topliss-reactive ketones (excluding diaryl/α,β-unsaturated/α-hetero) is 3. The number of hydrogen-bond donors (Lipinski definition) is 5. The van der Waals surface area contributed by atoms with Gasteiger partial charge in [0, 0.05) is 17.1 Å². The zero-order chi connectivity index (χ0) is 28.4. The SMILES string of the molecule is CC(=O)C1=C(O)[C@@]2(O)C(=O)C3=C(O)c4c(O)ccc(C#CC5(O)CCCCC5)c4C[C@H]3C[C@H]2[C@H](N(C)C)C1=O. The van der Waals surface area contributed by atoms with Crippen LogP contribution in [0.1, 0.15) is 62.1 Å². The van der Waals surface area contributed by atoms with Gasteiger partial charge in [-0.25, -0.2) is 0 Å². The van der Waals surface area contributed by atoms with Crippen molar-refractivity contribution in [2.75, 3.05) is 14.1 Å². The second-order valence-electron chi connectivity index (χ2n) is 11.5. The summed E-state index contributed by atoms with van der Waals surface area (Å²) in [4.78, 5) is 41.0. The van der Waals surface area contributed by atoms with Gasteiger partial charge in [-0.1, -0.05) is 18.3 Å². The molecule has 0 aromatic heterocycles. The number of likely N-dealkylation sites (N-methyl/N-ethyl adjacent to an activating group) is 1. The Morgan fingerprint density at radius 3 is 2.33 bits per heavy atom. The van der Waals surface area contributed by atoms with E-state index in [-0.39, 0.29) is 29.7 Å². The first-order valence-electron chi connectivity index (χ1n) is 13.3. The van der Waals surface area contributed by atoms with Crippen LogP contribution in [0.2, 0.25) is 0 Å². The minimum Gasteiger partial charge on any atom is -0.508 e. The van der Waals surface area contributed by atoms with Gasteiger partial charge in [0.1, 0.15) is 28.4 Å². The Labute approximate surface area is 226 Å². The van der Waals surface area contributed by atoms with Crippen molar-refractivity contribution in [1.82, 2.24) is 4.90 Å². The van der Waals surface area contributed by atoms with E-state index in [2.05, 4.69) is 11.8 Å². The average Bonchev–Trinajstić information content (AvgIpc) is 2.86. The number of aliphatic hydroxyl groups excluding tert-OH is 2. The van der Waals surface area contributed by atoms with Crippen LogP contribution in [0.3, 0.4) is 0 Å². The largest absolute Gasteiger partial charge is 0.508 e. The van der Waals surface area contributed by atoms with Crippen LogP contribution in [0, 0.1) is 23.7 Å². The van der Waals surface area contributed by atoms with Crippen LogP contribution in [-0.4, -0.2) is 79.1 Å². The molecule has 0 amide bonds. The smallest absolute Gasteiger partial charge is 0.202 e. The quantitative estimate of drug-likeness (QED) is 0.283. The van der Waals surface area contributed by atoms with Gasteiger partial charge in [-0.2, -0.15) is 0 Å². The number of benzene rings is 1. The summed E-state index contributed by atoms with van der Waals surface area (Å²) in [6, 6.07) is 1.89. The van der Waals surface area contributed by atoms with E-state index in [1.165, 1.54) is 11.0 Å². The maximum absolute atomic E-state index is 13.9. The van der Waals surface area contributed by atoms with Crippen LogP contribution >= 0.6 is 0 Å². The number of phenols is 1. The summed E-state index contributed by atoms with van der Waals surface area (Å²) < 4.78 is 0. The minimum atomic E-state index is -2.60. The first-order chi connectivity index (χ1) is 18.3. The molecule has 0 saturated heterocycles. The molecule has 1 aromatic rings. The zero-order valence-electron chi connectivity index (χ0n) is 22.2. The van der Waals surface area contributed by atoms with Crippen molar-refractivity contribution in [1.29, 1.82) is 0 Å². The fourth-order valence-corrected chi connectivity index (χ4v) is 6.91. The molecule has 0 bridgehead atoms. The Balaban J connectivity index is 1.66. The topological polar surface area (TPSA) is 156 Å². The molecule has 0 heterocycles. The van der Waals surface area contributed by atoms with Gasteiger partial charge in [0.2, 0.25) is 5.78 Å². The molecule has 9 heteroatoms. The molecule has 39 heavy (non-hydrogen) atoms. The van der Waals surface area contributed by atoms with E-state index in [1.807, 2.05) is 0 Å². The second kappa shape index (κ2) is 9.33. The van der Waals surface area contributed by atoms with Gasteiger partial charge >= 0.3 is 0 Å². The minimum absolute atomic E-state index is 0.00499. The molecule has 4 aliphatic rings. The lowest BCUT2D eigenvalue weighted by atomic mass is 9.57. The van der Waals surface area contributed by atoms with Crippen LogP contribution in [0.15, 0.2) is 29.0 Å². The monoisotopic (exact) mass is 535 g/mol. The molecule has 1 aromatic carbocycles. The third-order valence-corrected chi connectivity index (χ3v) is 8.82. The summed E-state index contributed by atoms with van der Waals surface area (Å²) in [5, 5.41) is 55.6. The van der Waals surface area contributed by atoms with E-state index in [9.17, 15) is 39.9 Å². The Bertz CT molecular complexity index is 1420. The average molecular weight is 536 g/mol. The summed E-state index contributed by atoms with van der Waals surface area (Å²) in [7, 11) is 3.18. The van der Waals surface area contributed by atoms with Gasteiger partial charge in [-0.3, -0.25) is 19.3 Å². The molecule has 0 unspecified atom stereocenters. The second-order valence-corrected chi connectivity index (χ2v) is 11.5. The van der Waals surface area contributed by atoms with Crippen molar-refractivity contribution in [2.45, 2.75) is 69.1 Å². The van der Waals surface area contributed by atoms with E-state index < -0.39 is 63.5 Å². The lowest BCUT2D eigenvalue weighted by Crippen LogP contribution is -2.65. The molecule has 5 rings (SSSR count). The van der Waals surface area contributed by atoms with Crippen molar-refractivity contribution in [3.05, 3.63) is 45.7 Å². The van der Waals surface area contributed by atoms with Crippen molar-refractivity contribution < 1.29 is 39.9 Å². The molecule has 0 aliphatic heterocycles. The molecule has 2 saturated carbocycles. The van der Waals surface area contributed by atoms with E-state index in [0.717, 1.165) is 26.2 Å². The number of rotatable bonds is 2. The van der Waals surface area contributed by atoms with Crippen molar-refractivity contribution >= 4 is 23.1 Å². The number of ketones is 3. The number of fused-ring (bicyclic) bond motifs is 3. The van der Waals surface area contributed by atoms with Gasteiger partial charge in [0.15, 0.2) is 17.2 Å². The van der Waals surface area contributed by atoms with Gasteiger partial charge in [-0.15, -0.1) is 0 Å². The number of carbonyl (C=O) groups excluding carboxylic acids is 3. The first-order valence-corrected chi connectivity index (χ1v) is 13.3. The molecule has 4 aliphatic carbocycles. The normalized spacial score (nSPS) is 29.8. The lowest BCUT2D eigenvalue weighted by molar-refractivity contribution is -0.153. The Morgan fingerprint density at radius 1 is 1.05 bits per heavy atom. The Kier molecular flexibility index (Phi) is 6.49. The predicted molar refractivity (Wildman–Crippen MR) is 141 cm³/mol. The molecule has 206 valence electrons. The van der Waals surface area contributed by atoms with Crippen LogP contribution < -0.4 is 0 Å². The molecule has 0 spiro atoms.